The molecule has 0 spiro atoms. The summed E-state index contributed by atoms with van der Waals surface area (Å²) < 4.78 is 13.8. The highest BCUT2D eigenvalue weighted by atomic mass is 28.4. The fourth-order valence-electron chi connectivity index (χ4n) is 5.25. The molecule has 42 heavy (non-hydrogen) atoms. The van der Waals surface area contributed by atoms with Gasteiger partial charge in [0.25, 0.3) is 5.56 Å². The zero-order chi connectivity index (χ0) is 30.5. The predicted molar refractivity (Wildman–Crippen MR) is 169 cm³/mol. The normalized spacial score (nSPS) is 19.4. The number of hydrogen-bond donors (Lipinski definition) is 2. The Morgan fingerprint density at radius 3 is 2.62 bits per heavy atom. The number of benzene rings is 1. The smallest absolute Gasteiger partial charge is 0.274 e. The lowest BCUT2D eigenvalue weighted by atomic mass is 9.83. The average Bonchev–Trinajstić information content (AvgIpc) is 3.25. The highest BCUT2D eigenvalue weighted by molar-refractivity contribution is 6.74. The van der Waals surface area contributed by atoms with Gasteiger partial charge in [-0.1, -0.05) is 34.6 Å². The van der Waals surface area contributed by atoms with E-state index in [2.05, 4.69) is 75.5 Å². The Kier molecular flexibility index (Phi) is 7.58. The van der Waals surface area contributed by atoms with Crippen molar-refractivity contribution in [1.29, 1.82) is 5.26 Å². The van der Waals surface area contributed by atoms with Crippen LogP contribution in [0.25, 0.3) is 11.3 Å². The molecule has 1 aromatic carbocycles. The molecule has 1 atom stereocenters. The Bertz CT molecular complexity index is 1620. The molecule has 222 valence electrons. The van der Waals surface area contributed by atoms with Crippen LogP contribution in [0, 0.1) is 23.7 Å². The Balaban J connectivity index is 1.45. The number of nitrogens with zero attached hydrogens (tertiary/aromatic N) is 4. The van der Waals surface area contributed by atoms with E-state index in [1.165, 1.54) is 0 Å². The second-order valence-electron chi connectivity index (χ2n) is 14.1. The third-order valence-corrected chi connectivity index (χ3v) is 13.5. The molecule has 0 radical (unpaired) electrons. The van der Waals surface area contributed by atoms with Crippen molar-refractivity contribution in [3.05, 3.63) is 63.7 Å². The van der Waals surface area contributed by atoms with Crippen LogP contribution in [0.5, 0.6) is 0 Å². The summed E-state index contributed by atoms with van der Waals surface area (Å²) in [4.78, 5) is 22.5. The average molecular weight is 587 g/mol. The van der Waals surface area contributed by atoms with Gasteiger partial charge in [-0.15, -0.1) is 0 Å². The molecule has 0 amide bonds. The first kappa shape index (κ1) is 30.0. The van der Waals surface area contributed by atoms with E-state index >= 15 is 0 Å². The van der Waals surface area contributed by atoms with Crippen LogP contribution in [0.1, 0.15) is 51.3 Å². The summed E-state index contributed by atoms with van der Waals surface area (Å²) >= 11 is 0. The van der Waals surface area contributed by atoms with Gasteiger partial charge in [-0.25, -0.2) is 9.97 Å². The van der Waals surface area contributed by atoms with Crippen LogP contribution in [0.2, 0.25) is 18.1 Å². The molecule has 0 unspecified atom stereocenters. The molecule has 1 saturated heterocycles. The number of hydrogen-bond acceptors (Lipinski definition) is 8. The Labute approximate surface area is 249 Å². The van der Waals surface area contributed by atoms with E-state index in [4.69, 9.17) is 14.1 Å². The standard InChI is InChI=1S/C32H42N6O3Si/c1-21-11-26(28(39)38(15-21)17-31(5)18-40-19-31)37-29-34-10-9-25(36-29)22-12-23(14-33)27-24(13-22)32(6,16-35-27)20-41-42(7,8)30(2,3)4/h9-13,15,35H,16-20H2,1-8H3,(H,34,36,37)/t32-/m1/s1. The number of nitrogens with one attached hydrogen (secondary N) is 2. The number of aryl methyl sites for hydroxylation is 1. The number of pyridine rings is 1. The Morgan fingerprint density at radius 1 is 1.24 bits per heavy atom. The first-order valence-corrected chi connectivity index (χ1v) is 17.4. The second-order valence-corrected chi connectivity index (χ2v) is 18.9. The number of fused-ring (bicyclic) bond motifs is 1. The fraction of sp³-hybridized carbons (Fsp3) is 0.500. The van der Waals surface area contributed by atoms with Crippen molar-refractivity contribution in [2.75, 3.05) is 37.0 Å². The maximum Gasteiger partial charge on any atom is 0.274 e. The summed E-state index contributed by atoms with van der Waals surface area (Å²) in [7, 11) is -1.97. The fourth-order valence-corrected chi connectivity index (χ4v) is 6.37. The SMILES string of the molecule is Cc1cc(Nc2nccc(-c3cc(C#N)c4c(c3)[C@@](C)(CO[Si](C)(C)C(C)(C)C)CN4)n2)c(=O)n(CC2(C)COC2)c1. The molecule has 0 aliphatic carbocycles. The first-order chi connectivity index (χ1) is 19.6. The molecule has 2 aliphatic rings. The maximum atomic E-state index is 13.3. The summed E-state index contributed by atoms with van der Waals surface area (Å²) in [6.45, 7) is 20.7. The lowest BCUT2D eigenvalue weighted by molar-refractivity contribution is -0.110. The van der Waals surface area contributed by atoms with Gasteiger partial charge in [0, 0.05) is 48.5 Å². The molecular formula is C32H42N6O3Si. The zero-order valence-electron chi connectivity index (χ0n) is 26.0. The van der Waals surface area contributed by atoms with Crippen LogP contribution in [0.15, 0.2) is 41.5 Å². The third-order valence-electron chi connectivity index (χ3n) is 9.00. The number of anilines is 3. The summed E-state index contributed by atoms with van der Waals surface area (Å²) in [6, 6.07) is 9.98. The van der Waals surface area contributed by atoms with Crippen molar-refractivity contribution >= 4 is 25.6 Å². The van der Waals surface area contributed by atoms with Gasteiger partial charge in [0.15, 0.2) is 8.32 Å². The molecule has 0 bridgehead atoms. The van der Waals surface area contributed by atoms with Gasteiger partial charge in [0.05, 0.1) is 30.2 Å². The van der Waals surface area contributed by atoms with Crippen LogP contribution in [0.3, 0.4) is 0 Å². The molecule has 4 heterocycles. The van der Waals surface area contributed by atoms with Crippen LogP contribution in [-0.2, 0) is 21.1 Å². The minimum absolute atomic E-state index is 0.0452. The van der Waals surface area contributed by atoms with Gasteiger partial charge in [-0.05, 0) is 60.4 Å². The zero-order valence-corrected chi connectivity index (χ0v) is 27.0. The summed E-state index contributed by atoms with van der Waals surface area (Å²) in [5.41, 5.74) is 4.88. The number of ether oxygens (including phenoxy) is 1. The number of rotatable bonds is 8. The lowest BCUT2D eigenvalue weighted by Gasteiger charge is -2.39. The minimum Gasteiger partial charge on any atom is -0.416 e. The van der Waals surface area contributed by atoms with Gasteiger partial charge >= 0.3 is 0 Å². The van der Waals surface area contributed by atoms with E-state index in [1.54, 1.807) is 10.8 Å². The minimum atomic E-state index is -1.97. The first-order valence-electron chi connectivity index (χ1n) is 14.5. The van der Waals surface area contributed by atoms with E-state index in [0.717, 1.165) is 22.4 Å². The van der Waals surface area contributed by atoms with Gasteiger partial charge < -0.3 is 24.4 Å². The highest BCUT2D eigenvalue weighted by Gasteiger charge is 2.42. The van der Waals surface area contributed by atoms with Gasteiger partial charge in [-0.2, -0.15) is 5.26 Å². The van der Waals surface area contributed by atoms with Gasteiger partial charge in [-0.3, -0.25) is 4.79 Å². The molecule has 10 heteroatoms. The lowest BCUT2D eigenvalue weighted by Crippen LogP contribution is -2.45. The topological polar surface area (TPSA) is 114 Å². The largest absolute Gasteiger partial charge is 0.416 e. The van der Waals surface area contributed by atoms with Crippen LogP contribution < -0.4 is 16.2 Å². The monoisotopic (exact) mass is 586 g/mol. The van der Waals surface area contributed by atoms with E-state index in [0.29, 0.717) is 55.8 Å². The highest BCUT2D eigenvalue weighted by Crippen LogP contribution is 2.44. The van der Waals surface area contributed by atoms with Crippen molar-refractivity contribution in [3.63, 3.8) is 0 Å². The van der Waals surface area contributed by atoms with Gasteiger partial charge in [0.1, 0.15) is 11.8 Å². The molecule has 2 N–H and O–H groups in total. The summed E-state index contributed by atoms with van der Waals surface area (Å²) in [5, 5.41) is 16.8. The molecule has 1 fully saturated rings. The second kappa shape index (κ2) is 10.6. The number of aromatic nitrogens is 3. The molecule has 2 aromatic heterocycles. The number of nitriles is 1. The maximum absolute atomic E-state index is 13.3. The van der Waals surface area contributed by atoms with E-state index < -0.39 is 8.32 Å². The molecular weight excluding hydrogens is 544 g/mol. The van der Waals surface area contributed by atoms with Crippen molar-refractivity contribution in [3.8, 4) is 17.3 Å². The van der Waals surface area contributed by atoms with E-state index in [9.17, 15) is 10.1 Å². The van der Waals surface area contributed by atoms with Crippen molar-refractivity contribution in [1.82, 2.24) is 14.5 Å². The summed E-state index contributed by atoms with van der Waals surface area (Å²) in [5.74, 6) is 0.320. The van der Waals surface area contributed by atoms with Crippen molar-refractivity contribution in [2.24, 2.45) is 5.41 Å². The summed E-state index contributed by atoms with van der Waals surface area (Å²) in [6.07, 6.45) is 3.55. The van der Waals surface area contributed by atoms with Gasteiger partial charge in [0.2, 0.25) is 5.95 Å². The Hall–Kier alpha value is -3.52. The van der Waals surface area contributed by atoms with E-state index in [1.807, 2.05) is 31.3 Å². The molecule has 5 rings (SSSR count). The Morgan fingerprint density at radius 2 is 1.98 bits per heavy atom. The van der Waals surface area contributed by atoms with Crippen molar-refractivity contribution in [2.45, 2.75) is 71.6 Å². The van der Waals surface area contributed by atoms with Crippen LogP contribution >= 0.6 is 0 Å². The van der Waals surface area contributed by atoms with Crippen molar-refractivity contribution < 1.29 is 9.16 Å². The van der Waals surface area contributed by atoms with Crippen LogP contribution in [-0.4, -0.2) is 49.2 Å². The quantitative estimate of drug-likeness (QED) is 0.310. The molecule has 2 aliphatic heterocycles. The van der Waals surface area contributed by atoms with Crippen LogP contribution in [0.4, 0.5) is 17.3 Å². The molecule has 3 aromatic rings. The molecule has 9 nitrogen and oxygen atoms in total. The third kappa shape index (κ3) is 5.73. The predicted octanol–water partition coefficient (Wildman–Crippen LogP) is 5.97. The molecule has 0 saturated carbocycles. The van der Waals surface area contributed by atoms with E-state index in [-0.39, 0.29) is 21.4 Å².